The molecule has 35 heavy (non-hydrogen) atoms. The highest BCUT2D eigenvalue weighted by Crippen LogP contribution is 2.50. The molecule has 6 heteroatoms. The Morgan fingerprint density at radius 2 is 1.77 bits per heavy atom. The van der Waals surface area contributed by atoms with Gasteiger partial charge in [-0.05, 0) is 53.5 Å². The maximum atomic E-state index is 13.4. The third-order valence-electron chi connectivity index (χ3n) is 7.23. The van der Waals surface area contributed by atoms with E-state index in [1.807, 2.05) is 62.4 Å². The molecular weight excluding hydrogens is 444 g/mol. The number of hydrogen-bond acceptors (Lipinski definition) is 6. The highest BCUT2D eigenvalue weighted by atomic mass is 16.5. The summed E-state index contributed by atoms with van der Waals surface area (Å²) in [7, 11) is 0. The zero-order valence-corrected chi connectivity index (χ0v) is 20.3. The van der Waals surface area contributed by atoms with Crippen molar-refractivity contribution in [2.24, 2.45) is 11.8 Å². The van der Waals surface area contributed by atoms with Crippen molar-refractivity contribution in [1.82, 2.24) is 0 Å². The summed E-state index contributed by atoms with van der Waals surface area (Å²) in [5, 5.41) is 34.8. The van der Waals surface area contributed by atoms with E-state index in [-0.39, 0.29) is 23.5 Å². The van der Waals surface area contributed by atoms with E-state index in [9.17, 15) is 24.9 Å². The summed E-state index contributed by atoms with van der Waals surface area (Å²) < 4.78 is 6.10. The molecule has 3 aromatic carbocycles. The topological polar surface area (TPSA) is 104 Å². The number of ketones is 2. The summed E-state index contributed by atoms with van der Waals surface area (Å²) in [5.41, 5.74) is -3.06. The second-order valence-corrected chi connectivity index (χ2v) is 9.88. The molecule has 184 valence electrons. The summed E-state index contributed by atoms with van der Waals surface area (Å²) in [6.45, 7) is 4.74. The molecule has 4 rings (SSSR count). The number of carbonyl (C=O) groups is 2. The fourth-order valence-corrected chi connectivity index (χ4v) is 5.11. The van der Waals surface area contributed by atoms with Crippen molar-refractivity contribution in [2.45, 2.75) is 51.4 Å². The van der Waals surface area contributed by atoms with Gasteiger partial charge in [0.2, 0.25) is 0 Å². The molecule has 0 spiro atoms. The number of hydrogen-bond donors (Lipinski definition) is 3. The molecule has 0 saturated heterocycles. The molecule has 0 aliphatic heterocycles. The lowest BCUT2D eigenvalue weighted by Crippen LogP contribution is -2.66. The predicted octanol–water partition coefficient (Wildman–Crippen LogP) is 4.17. The van der Waals surface area contributed by atoms with Crippen LogP contribution >= 0.6 is 0 Å². The van der Waals surface area contributed by atoms with Gasteiger partial charge in [0, 0.05) is 10.9 Å². The second-order valence-electron chi connectivity index (χ2n) is 9.88. The normalized spacial score (nSPS) is 24.0. The second kappa shape index (κ2) is 9.53. The zero-order chi connectivity index (χ0) is 25.4. The Morgan fingerprint density at radius 1 is 1.06 bits per heavy atom. The molecular formula is C29H32O6. The minimum Gasteiger partial charge on any atom is -0.488 e. The fourth-order valence-electron chi connectivity index (χ4n) is 5.11. The van der Waals surface area contributed by atoms with E-state index in [0.717, 1.165) is 10.9 Å². The number of benzene rings is 3. The number of rotatable bonds is 8. The zero-order valence-electron chi connectivity index (χ0n) is 20.3. The first-order valence-corrected chi connectivity index (χ1v) is 12.0. The van der Waals surface area contributed by atoms with E-state index in [2.05, 4.69) is 0 Å². The van der Waals surface area contributed by atoms with Crippen LogP contribution in [0, 0.1) is 11.8 Å². The summed E-state index contributed by atoms with van der Waals surface area (Å²) in [6, 6.07) is 18.6. The smallest absolute Gasteiger partial charge is 0.193 e. The highest BCUT2D eigenvalue weighted by molar-refractivity contribution is 6.10. The lowest BCUT2D eigenvalue weighted by Gasteiger charge is -2.49. The van der Waals surface area contributed by atoms with Crippen LogP contribution in [0.2, 0.25) is 0 Å². The summed E-state index contributed by atoms with van der Waals surface area (Å²) >= 11 is 0. The van der Waals surface area contributed by atoms with Crippen LogP contribution in [0.3, 0.4) is 0 Å². The van der Waals surface area contributed by atoms with E-state index < -0.39 is 35.3 Å². The molecule has 1 aliphatic rings. The van der Waals surface area contributed by atoms with Crippen molar-refractivity contribution in [3.05, 3.63) is 77.4 Å². The first-order valence-electron chi connectivity index (χ1n) is 12.0. The van der Waals surface area contributed by atoms with Crippen molar-refractivity contribution in [3.63, 3.8) is 0 Å². The van der Waals surface area contributed by atoms with E-state index in [4.69, 9.17) is 4.74 Å². The van der Waals surface area contributed by atoms with Gasteiger partial charge in [-0.15, -0.1) is 0 Å². The molecule has 3 aromatic rings. The van der Waals surface area contributed by atoms with Crippen molar-refractivity contribution in [2.75, 3.05) is 6.61 Å². The number of fused-ring (bicyclic) bond motifs is 2. The fraction of sp³-hybridized carbons (Fsp3) is 0.379. The third-order valence-corrected chi connectivity index (χ3v) is 7.23. The standard InChI is InChI=1S/C29H32O6/c1-18(2)12-13-28(33)24-15-22-21(10-7-11-25(22)35-17-20-8-5-4-6-9-20)14-23(24)27(32)19(3)29(28,34)26(31)16-30/h4-11,14-15,18-19,30,33-34H,12-13,16-17H2,1-3H3/t19-,28+,29-/m0/s1. The molecule has 0 unspecified atom stereocenters. The van der Waals surface area contributed by atoms with Gasteiger partial charge in [0.05, 0.1) is 5.92 Å². The lowest BCUT2D eigenvalue weighted by molar-refractivity contribution is -0.195. The van der Waals surface area contributed by atoms with Gasteiger partial charge in [-0.3, -0.25) is 9.59 Å². The maximum absolute atomic E-state index is 13.4. The molecule has 3 atom stereocenters. The largest absolute Gasteiger partial charge is 0.488 e. The molecule has 0 aromatic heterocycles. The minimum absolute atomic E-state index is 0.0517. The van der Waals surface area contributed by atoms with Gasteiger partial charge in [-0.25, -0.2) is 0 Å². The average Bonchev–Trinajstić information content (AvgIpc) is 2.87. The third kappa shape index (κ3) is 4.16. The molecule has 3 N–H and O–H groups in total. The Hall–Kier alpha value is -3.06. The SMILES string of the molecule is CC(C)CC[C@@]1(O)c2cc3c(OCc4ccccc4)cccc3cc2C(=O)[C@H](C)[C@]1(O)C(=O)CO. The van der Waals surface area contributed by atoms with Crippen LogP contribution in [0.4, 0.5) is 0 Å². The Bertz CT molecular complexity index is 1250. The van der Waals surface area contributed by atoms with Crippen LogP contribution in [-0.2, 0) is 17.0 Å². The molecule has 0 fully saturated rings. The van der Waals surface area contributed by atoms with Crippen LogP contribution in [0.15, 0.2) is 60.7 Å². The summed E-state index contributed by atoms with van der Waals surface area (Å²) in [5.74, 6) is -1.90. The monoisotopic (exact) mass is 476 g/mol. The molecule has 0 heterocycles. The predicted molar refractivity (Wildman–Crippen MR) is 133 cm³/mol. The minimum atomic E-state index is -2.45. The Kier molecular flexibility index (Phi) is 6.82. The first kappa shape index (κ1) is 25.0. The molecule has 1 aliphatic carbocycles. The van der Waals surface area contributed by atoms with Crippen LogP contribution < -0.4 is 4.74 Å². The van der Waals surface area contributed by atoms with E-state index in [0.29, 0.717) is 24.2 Å². The molecule has 0 amide bonds. The molecule has 0 bridgehead atoms. The van der Waals surface area contributed by atoms with E-state index in [1.165, 1.54) is 6.92 Å². The quantitative estimate of drug-likeness (QED) is 0.451. The van der Waals surface area contributed by atoms with Crippen molar-refractivity contribution in [3.8, 4) is 5.75 Å². The van der Waals surface area contributed by atoms with Gasteiger partial charge in [0.25, 0.3) is 0 Å². The van der Waals surface area contributed by atoms with Gasteiger partial charge < -0.3 is 20.1 Å². The summed E-state index contributed by atoms with van der Waals surface area (Å²) in [6.07, 6.45) is 0.554. The molecule has 0 saturated carbocycles. The van der Waals surface area contributed by atoms with Gasteiger partial charge in [0.15, 0.2) is 17.2 Å². The number of Topliss-reactive ketones (excluding diaryl/α,β-unsaturated/α-hetero) is 2. The van der Waals surface area contributed by atoms with Crippen molar-refractivity contribution in [1.29, 1.82) is 0 Å². The van der Waals surface area contributed by atoms with Crippen molar-refractivity contribution < 1.29 is 29.6 Å². The summed E-state index contributed by atoms with van der Waals surface area (Å²) in [4.78, 5) is 26.2. The van der Waals surface area contributed by atoms with Crippen LogP contribution in [0.25, 0.3) is 10.8 Å². The van der Waals surface area contributed by atoms with Gasteiger partial charge in [-0.1, -0.05) is 63.2 Å². The average molecular weight is 477 g/mol. The number of aliphatic hydroxyl groups is 3. The maximum Gasteiger partial charge on any atom is 0.193 e. The van der Waals surface area contributed by atoms with Crippen molar-refractivity contribution >= 4 is 22.3 Å². The van der Waals surface area contributed by atoms with Gasteiger partial charge in [0.1, 0.15) is 24.6 Å². The Morgan fingerprint density at radius 3 is 2.43 bits per heavy atom. The number of aliphatic hydroxyl groups excluding tert-OH is 1. The number of carbonyl (C=O) groups excluding carboxylic acids is 2. The van der Waals surface area contributed by atoms with E-state index in [1.54, 1.807) is 12.1 Å². The number of ether oxygens (including phenoxy) is 1. The van der Waals surface area contributed by atoms with Crippen LogP contribution in [-0.4, -0.2) is 39.1 Å². The highest BCUT2D eigenvalue weighted by Gasteiger charge is 2.63. The lowest BCUT2D eigenvalue weighted by atomic mass is 9.59. The van der Waals surface area contributed by atoms with Gasteiger partial charge in [-0.2, -0.15) is 0 Å². The van der Waals surface area contributed by atoms with Crippen LogP contribution in [0.1, 0.15) is 55.1 Å². The van der Waals surface area contributed by atoms with Crippen LogP contribution in [0.5, 0.6) is 5.75 Å². The molecule has 0 radical (unpaired) electrons. The Balaban J connectivity index is 1.90. The Labute approximate surface area is 205 Å². The molecule has 6 nitrogen and oxygen atoms in total. The van der Waals surface area contributed by atoms with Gasteiger partial charge >= 0.3 is 0 Å². The van der Waals surface area contributed by atoms with E-state index >= 15 is 0 Å². The first-order chi connectivity index (χ1) is 16.6.